The Morgan fingerprint density at radius 2 is 2.26 bits per heavy atom. The van der Waals surface area contributed by atoms with E-state index in [1.807, 2.05) is 0 Å². The number of rotatable bonds is 3. The molecule has 0 saturated carbocycles. The zero-order valence-corrected chi connectivity index (χ0v) is 12.9. The van der Waals surface area contributed by atoms with E-state index in [9.17, 15) is 4.79 Å². The predicted octanol–water partition coefficient (Wildman–Crippen LogP) is -0.450. The number of carboxylic acid groups (broad SMARTS) is 1. The van der Waals surface area contributed by atoms with E-state index in [2.05, 4.69) is 27.1 Å². The summed E-state index contributed by atoms with van der Waals surface area (Å²) in [6.45, 7) is 4.56. The van der Waals surface area contributed by atoms with Crippen molar-refractivity contribution < 1.29 is 19.4 Å². The monoisotopic (exact) mass is 323 g/mol. The number of nitrogens with two attached hydrogens (primary N) is 1. The lowest BCUT2D eigenvalue weighted by Crippen LogP contribution is -2.45. The molecule has 3 heterocycles. The Hall–Kier alpha value is -2.26. The van der Waals surface area contributed by atoms with Gasteiger partial charge in [-0.2, -0.15) is 0 Å². The van der Waals surface area contributed by atoms with Crippen LogP contribution in [0.4, 0.5) is 5.82 Å². The second kappa shape index (κ2) is 7.84. The smallest absolute Gasteiger partial charge is 0.290 e. The van der Waals surface area contributed by atoms with Crippen molar-refractivity contribution in [3.05, 3.63) is 18.1 Å². The first kappa shape index (κ1) is 17.1. The topological polar surface area (TPSA) is 131 Å². The summed E-state index contributed by atoms with van der Waals surface area (Å²) >= 11 is 0. The summed E-state index contributed by atoms with van der Waals surface area (Å²) in [5.41, 5.74) is 5.39. The van der Waals surface area contributed by atoms with E-state index >= 15 is 0 Å². The van der Waals surface area contributed by atoms with Crippen molar-refractivity contribution in [2.75, 3.05) is 25.0 Å². The number of amides is 1. The molecule has 1 amide bonds. The van der Waals surface area contributed by atoms with Crippen LogP contribution < -0.4 is 11.1 Å². The molecule has 2 fully saturated rings. The van der Waals surface area contributed by atoms with Crippen LogP contribution in [0, 0.1) is 0 Å². The maximum atomic E-state index is 11.1. The summed E-state index contributed by atoms with van der Waals surface area (Å²) in [6, 6.07) is 0.766. The molecule has 2 aliphatic heterocycles. The Balaban J connectivity index is 0.000000595. The van der Waals surface area contributed by atoms with Gasteiger partial charge in [0.15, 0.2) is 0 Å². The summed E-state index contributed by atoms with van der Waals surface area (Å²) in [4.78, 5) is 30.1. The number of nitrogens with zero attached hydrogens (tertiary/aromatic N) is 3. The Kier molecular flexibility index (Phi) is 5.83. The molecule has 126 valence electrons. The number of fused-ring (bicyclic) bond motifs is 1. The number of carbonyl (C=O) groups is 2. The minimum Gasteiger partial charge on any atom is -0.483 e. The standard InChI is InChI=1S/C13H19N5O2.CH2O2/c1-8-5-18-6-9(2-10(18)7-20-8)16-12-4-15-3-11(17-12)13(14)19;2-1-3/h3-4,8-10H,2,5-7H2,1H3,(H2,14,19)(H,16,17);1H,(H,2,3)/t8-,9-,10+;/m1./s1. The van der Waals surface area contributed by atoms with Gasteiger partial charge >= 0.3 is 0 Å². The van der Waals surface area contributed by atoms with E-state index in [1.54, 1.807) is 6.20 Å². The third-order valence-corrected chi connectivity index (χ3v) is 3.83. The molecule has 0 aliphatic carbocycles. The lowest BCUT2D eigenvalue weighted by molar-refractivity contribution is -0.122. The number of primary amides is 1. The van der Waals surface area contributed by atoms with Gasteiger partial charge in [-0.05, 0) is 13.3 Å². The molecule has 9 heteroatoms. The van der Waals surface area contributed by atoms with Gasteiger partial charge in [0.2, 0.25) is 0 Å². The van der Waals surface area contributed by atoms with Crippen molar-refractivity contribution in [2.24, 2.45) is 5.73 Å². The largest absolute Gasteiger partial charge is 0.483 e. The Morgan fingerprint density at radius 3 is 2.96 bits per heavy atom. The highest BCUT2D eigenvalue weighted by Gasteiger charge is 2.36. The fourth-order valence-corrected chi connectivity index (χ4v) is 2.91. The van der Waals surface area contributed by atoms with Crippen molar-refractivity contribution in [2.45, 2.75) is 31.5 Å². The Labute approximate surface area is 133 Å². The summed E-state index contributed by atoms with van der Waals surface area (Å²) in [6.07, 6.45) is 4.29. The van der Waals surface area contributed by atoms with Crippen molar-refractivity contribution in [1.82, 2.24) is 14.9 Å². The number of aromatic nitrogens is 2. The first-order valence-electron chi connectivity index (χ1n) is 7.35. The van der Waals surface area contributed by atoms with Crippen molar-refractivity contribution in [3.8, 4) is 0 Å². The molecule has 1 aromatic heterocycles. The lowest BCUT2D eigenvalue weighted by atomic mass is 10.1. The molecule has 0 bridgehead atoms. The van der Waals surface area contributed by atoms with Crippen LogP contribution in [-0.2, 0) is 9.53 Å². The summed E-state index contributed by atoms with van der Waals surface area (Å²) in [5, 5.41) is 10.2. The van der Waals surface area contributed by atoms with Crippen LogP contribution in [0.2, 0.25) is 0 Å². The molecule has 1 aromatic rings. The number of nitrogens with one attached hydrogen (secondary N) is 1. The second-order valence-electron chi connectivity index (χ2n) is 5.59. The molecule has 3 atom stereocenters. The fraction of sp³-hybridized carbons (Fsp3) is 0.571. The summed E-state index contributed by atoms with van der Waals surface area (Å²) < 4.78 is 5.68. The highest BCUT2D eigenvalue weighted by atomic mass is 16.5. The van der Waals surface area contributed by atoms with Gasteiger partial charge in [0.25, 0.3) is 12.4 Å². The van der Waals surface area contributed by atoms with Crippen LogP contribution in [0.5, 0.6) is 0 Å². The Bertz CT molecular complexity index is 556. The van der Waals surface area contributed by atoms with Gasteiger partial charge in [0.1, 0.15) is 11.5 Å². The van der Waals surface area contributed by atoms with Crippen molar-refractivity contribution in [1.29, 1.82) is 0 Å². The van der Waals surface area contributed by atoms with Gasteiger partial charge < -0.3 is 20.9 Å². The van der Waals surface area contributed by atoms with Gasteiger partial charge in [-0.25, -0.2) is 4.98 Å². The van der Waals surface area contributed by atoms with Crippen LogP contribution in [0.15, 0.2) is 12.4 Å². The SMILES string of the molecule is C[C@@H]1CN2C[C@H](Nc3cncc(C(N)=O)n3)C[C@H]2CO1.O=CO. The summed E-state index contributed by atoms with van der Waals surface area (Å²) in [7, 11) is 0. The minimum absolute atomic E-state index is 0.183. The quantitative estimate of drug-likeness (QED) is 0.638. The number of hydrogen-bond acceptors (Lipinski definition) is 7. The molecule has 23 heavy (non-hydrogen) atoms. The lowest BCUT2D eigenvalue weighted by Gasteiger charge is -2.33. The number of hydrogen-bond donors (Lipinski definition) is 3. The van der Waals surface area contributed by atoms with Crippen LogP contribution in [0.25, 0.3) is 0 Å². The highest BCUT2D eigenvalue weighted by Crippen LogP contribution is 2.24. The third kappa shape index (κ3) is 4.60. The van der Waals surface area contributed by atoms with E-state index in [0.29, 0.717) is 24.0 Å². The van der Waals surface area contributed by atoms with Gasteiger partial charge in [-0.1, -0.05) is 0 Å². The summed E-state index contributed by atoms with van der Waals surface area (Å²) in [5.74, 6) is 0.0346. The normalized spacial score (nSPS) is 26.6. The van der Waals surface area contributed by atoms with Crippen LogP contribution >= 0.6 is 0 Å². The second-order valence-corrected chi connectivity index (χ2v) is 5.59. The molecule has 9 nitrogen and oxygen atoms in total. The first-order valence-corrected chi connectivity index (χ1v) is 7.35. The Morgan fingerprint density at radius 1 is 1.52 bits per heavy atom. The molecular weight excluding hydrogens is 302 g/mol. The zero-order chi connectivity index (χ0) is 16.8. The number of carbonyl (C=O) groups excluding carboxylic acids is 1. The van der Waals surface area contributed by atoms with Crippen LogP contribution in [0.3, 0.4) is 0 Å². The van der Waals surface area contributed by atoms with Crippen molar-refractivity contribution >= 4 is 18.2 Å². The maximum Gasteiger partial charge on any atom is 0.290 e. The van der Waals surface area contributed by atoms with E-state index in [1.165, 1.54) is 6.20 Å². The van der Waals surface area contributed by atoms with E-state index in [0.717, 1.165) is 26.1 Å². The molecular formula is C14H21N5O4. The molecule has 4 N–H and O–H groups in total. The van der Waals surface area contributed by atoms with E-state index < -0.39 is 5.91 Å². The molecule has 0 spiro atoms. The first-order chi connectivity index (χ1) is 11.0. The average molecular weight is 323 g/mol. The average Bonchev–Trinajstić information content (AvgIpc) is 2.89. The molecule has 0 aromatic carbocycles. The highest BCUT2D eigenvalue weighted by molar-refractivity contribution is 5.90. The molecule has 3 rings (SSSR count). The zero-order valence-electron chi connectivity index (χ0n) is 12.9. The molecule has 0 radical (unpaired) electrons. The van der Waals surface area contributed by atoms with Gasteiger partial charge in [0, 0.05) is 25.2 Å². The minimum atomic E-state index is -0.563. The van der Waals surface area contributed by atoms with E-state index in [4.69, 9.17) is 20.4 Å². The van der Waals surface area contributed by atoms with Crippen LogP contribution in [-0.4, -0.2) is 70.2 Å². The number of anilines is 1. The van der Waals surface area contributed by atoms with Crippen molar-refractivity contribution in [3.63, 3.8) is 0 Å². The fourth-order valence-electron chi connectivity index (χ4n) is 2.91. The number of morpholine rings is 1. The van der Waals surface area contributed by atoms with Gasteiger partial charge in [-0.3, -0.25) is 19.5 Å². The maximum absolute atomic E-state index is 11.1. The van der Waals surface area contributed by atoms with E-state index in [-0.39, 0.29) is 12.2 Å². The number of ether oxygens (including phenoxy) is 1. The van der Waals surface area contributed by atoms with Gasteiger partial charge in [0.05, 0.1) is 25.1 Å². The predicted molar refractivity (Wildman–Crippen MR) is 82.0 cm³/mol. The molecule has 0 unspecified atom stereocenters. The molecule has 2 saturated heterocycles. The molecule has 2 aliphatic rings. The van der Waals surface area contributed by atoms with Crippen LogP contribution in [0.1, 0.15) is 23.8 Å². The third-order valence-electron chi connectivity index (χ3n) is 3.83. The van der Waals surface area contributed by atoms with Gasteiger partial charge in [-0.15, -0.1) is 0 Å².